The van der Waals surface area contributed by atoms with Gasteiger partial charge in [-0.3, -0.25) is 0 Å². The molecule has 0 fully saturated rings. The van der Waals surface area contributed by atoms with Gasteiger partial charge in [0.2, 0.25) is 5.82 Å². The summed E-state index contributed by atoms with van der Waals surface area (Å²) in [6.07, 6.45) is 1.86. The van der Waals surface area contributed by atoms with Crippen LogP contribution in [0.25, 0.3) is 87.9 Å². The minimum Gasteiger partial charge on any atom is -0.304 e. The Hall–Kier alpha value is -6.20. The fourth-order valence-corrected chi connectivity index (χ4v) is 6.87. The van der Waals surface area contributed by atoms with Crippen LogP contribution >= 0.6 is 0 Å². The SMILES string of the molecule is Cc1cc[c-]c(-c2nccc3ccccc23)c1.[Ir].[c-]1c(-c2nnc(-c3cc4ccccc4c4ccccc34)nn2)c2ccccc2c2ccccc12. The molecule has 0 unspecified atom stereocenters. The van der Waals surface area contributed by atoms with Gasteiger partial charge in [0, 0.05) is 31.9 Å². The predicted octanol–water partition coefficient (Wildman–Crippen LogP) is 11.0. The number of hydrogen-bond donors (Lipinski definition) is 0. The van der Waals surface area contributed by atoms with Crippen LogP contribution in [0.5, 0.6) is 0 Å². The molecule has 10 rings (SSSR count). The molecule has 0 aliphatic heterocycles. The average molecular weight is 844 g/mol. The molecule has 249 valence electrons. The number of rotatable bonds is 3. The first kappa shape index (κ1) is 33.0. The number of fused-ring (bicyclic) bond motifs is 7. The molecule has 0 bridgehead atoms. The monoisotopic (exact) mass is 844 g/mol. The minimum atomic E-state index is 0. The molecule has 0 spiro atoms. The largest absolute Gasteiger partial charge is 0.304 e. The van der Waals surface area contributed by atoms with Crippen molar-refractivity contribution in [1.29, 1.82) is 0 Å². The topological polar surface area (TPSA) is 64.5 Å². The number of hydrogen-bond acceptors (Lipinski definition) is 5. The van der Waals surface area contributed by atoms with Crippen molar-refractivity contribution in [3.05, 3.63) is 176 Å². The Labute approximate surface area is 314 Å². The molecule has 0 aliphatic carbocycles. The molecule has 0 saturated heterocycles. The summed E-state index contributed by atoms with van der Waals surface area (Å²) in [5.41, 5.74) is 5.03. The van der Waals surface area contributed by atoms with E-state index in [2.05, 4.69) is 135 Å². The first-order chi connectivity index (χ1) is 25.2. The third-order valence-corrected chi connectivity index (χ3v) is 9.27. The molecule has 52 heavy (non-hydrogen) atoms. The van der Waals surface area contributed by atoms with Gasteiger partial charge in [0.25, 0.3) is 0 Å². The third-order valence-electron chi connectivity index (χ3n) is 9.27. The van der Waals surface area contributed by atoms with E-state index in [4.69, 9.17) is 0 Å². The molecule has 5 nitrogen and oxygen atoms in total. The maximum absolute atomic E-state index is 4.53. The van der Waals surface area contributed by atoms with Crippen LogP contribution in [0.1, 0.15) is 5.56 Å². The average Bonchev–Trinajstić information content (AvgIpc) is 3.20. The zero-order valence-electron chi connectivity index (χ0n) is 28.1. The van der Waals surface area contributed by atoms with Crippen LogP contribution in [-0.2, 0) is 20.1 Å². The summed E-state index contributed by atoms with van der Waals surface area (Å²) in [5.74, 6) is 0.978. The summed E-state index contributed by atoms with van der Waals surface area (Å²) < 4.78 is 0. The number of aryl methyl sites for hydroxylation is 1. The molecular formula is C46H29IrN5-2. The van der Waals surface area contributed by atoms with Crippen LogP contribution in [0.3, 0.4) is 0 Å². The van der Waals surface area contributed by atoms with E-state index in [0.717, 1.165) is 60.1 Å². The van der Waals surface area contributed by atoms with E-state index < -0.39 is 0 Å². The fraction of sp³-hybridized carbons (Fsp3) is 0.0217. The first-order valence-electron chi connectivity index (χ1n) is 16.9. The quantitative estimate of drug-likeness (QED) is 0.131. The summed E-state index contributed by atoms with van der Waals surface area (Å²) in [6, 6.07) is 58.5. The van der Waals surface area contributed by atoms with Crippen LogP contribution in [0.4, 0.5) is 0 Å². The second-order valence-corrected chi connectivity index (χ2v) is 12.5. The van der Waals surface area contributed by atoms with Crippen molar-refractivity contribution in [3.8, 4) is 34.0 Å². The van der Waals surface area contributed by atoms with Crippen molar-refractivity contribution in [2.24, 2.45) is 0 Å². The maximum Gasteiger partial charge on any atom is 0.202 e. The molecule has 0 aliphatic rings. The summed E-state index contributed by atoms with van der Waals surface area (Å²) >= 11 is 0. The summed E-state index contributed by atoms with van der Waals surface area (Å²) in [5, 5.41) is 29.4. The van der Waals surface area contributed by atoms with Gasteiger partial charge in [0.1, 0.15) is 5.82 Å². The van der Waals surface area contributed by atoms with Crippen molar-refractivity contribution in [3.63, 3.8) is 0 Å². The van der Waals surface area contributed by atoms with E-state index in [9.17, 15) is 0 Å². The van der Waals surface area contributed by atoms with Crippen molar-refractivity contribution in [2.75, 3.05) is 0 Å². The van der Waals surface area contributed by atoms with Gasteiger partial charge in [-0.2, -0.15) is 10.2 Å². The van der Waals surface area contributed by atoms with Gasteiger partial charge in [-0.15, -0.1) is 63.1 Å². The second-order valence-electron chi connectivity index (χ2n) is 12.5. The Balaban J connectivity index is 0.000000181. The van der Waals surface area contributed by atoms with Gasteiger partial charge in [-0.1, -0.05) is 144 Å². The van der Waals surface area contributed by atoms with Gasteiger partial charge in [-0.25, -0.2) is 0 Å². The molecule has 0 N–H and O–H groups in total. The number of aromatic nitrogens is 5. The van der Waals surface area contributed by atoms with Gasteiger partial charge in [0.05, 0.1) is 0 Å². The van der Waals surface area contributed by atoms with E-state index in [0.29, 0.717) is 11.6 Å². The third kappa shape index (κ3) is 6.09. The van der Waals surface area contributed by atoms with Crippen molar-refractivity contribution >= 4 is 53.9 Å². The Morgan fingerprint density at radius 3 is 1.81 bits per heavy atom. The summed E-state index contributed by atoms with van der Waals surface area (Å²) in [6.45, 7) is 2.09. The van der Waals surface area contributed by atoms with Crippen molar-refractivity contribution in [1.82, 2.24) is 25.4 Å². The van der Waals surface area contributed by atoms with Crippen molar-refractivity contribution in [2.45, 2.75) is 6.92 Å². The van der Waals surface area contributed by atoms with Crippen LogP contribution in [0.2, 0.25) is 0 Å². The van der Waals surface area contributed by atoms with Gasteiger partial charge in [-0.05, 0) is 50.1 Å². The van der Waals surface area contributed by atoms with Crippen LogP contribution in [0.15, 0.2) is 158 Å². The molecule has 10 aromatic rings. The molecule has 1 radical (unpaired) electrons. The Bertz CT molecular complexity index is 2740. The molecule has 0 saturated carbocycles. The Kier molecular flexibility index (Phi) is 9.00. The Morgan fingerprint density at radius 2 is 1.06 bits per heavy atom. The van der Waals surface area contributed by atoms with E-state index in [1.807, 2.05) is 66.9 Å². The van der Waals surface area contributed by atoms with E-state index in [-0.39, 0.29) is 20.1 Å². The van der Waals surface area contributed by atoms with Gasteiger partial charge >= 0.3 is 0 Å². The minimum absolute atomic E-state index is 0. The fourth-order valence-electron chi connectivity index (χ4n) is 6.87. The summed E-state index contributed by atoms with van der Waals surface area (Å²) in [7, 11) is 0. The van der Waals surface area contributed by atoms with E-state index in [1.165, 1.54) is 21.7 Å². The first-order valence-corrected chi connectivity index (χ1v) is 16.9. The molecule has 2 aromatic heterocycles. The van der Waals surface area contributed by atoms with Crippen LogP contribution in [-0.4, -0.2) is 25.4 Å². The zero-order valence-corrected chi connectivity index (χ0v) is 30.5. The summed E-state index contributed by atoms with van der Waals surface area (Å²) in [4.78, 5) is 4.49. The number of nitrogens with zero attached hydrogens (tertiary/aromatic N) is 5. The second kappa shape index (κ2) is 14.2. The molecule has 0 amide bonds. The standard InChI is InChI=1S/C30H17N4.C16H12N.Ir/c1-3-11-21-19(9-1)17-27(25-15-7-5-13-23(21)25)29-31-33-30(34-32-29)28-18-20-10-2-4-12-22(20)24-14-6-8-16-26(24)28;1-12-5-4-7-14(11-12)16-15-8-3-2-6-13(15)9-10-17-16;/h1-17H;2-6,8-11H,1H3;/q2*-1;. The normalized spacial score (nSPS) is 11.0. The zero-order chi connectivity index (χ0) is 34.1. The Morgan fingerprint density at radius 1 is 0.481 bits per heavy atom. The van der Waals surface area contributed by atoms with Crippen LogP contribution < -0.4 is 0 Å². The molecule has 2 heterocycles. The molecule has 8 aromatic carbocycles. The van der Waals surface area contributed by atoms with Gasteiger partial charge in [0.15, 0.2) is 0 Å². The van der Waals surface area contributed by atoms with Gasteiger partial charge < -0.3 is 4.98 Å². The van der Waals surface area contributed by atoms with Crippen molar-refractivity contribution < 1.29 is 20.1 Å². The smallest absolute Gasteiger partial charge is 0.202 e. The molecular weight excluding hydrogens is 815 g/mol. The number of pyridine rings is 1. The van der Waals surface area contributed by atoms with Crippen LogP contribution in [0, 0.1) is 19.1 Å². The van der Waals surface area contributed by atoms with E-state index >= 15 is 0 Å². The predicted molar refractivity (Wildman–Crippen MR) is 208 cm³/mol. The number of benzene rings is 8. The van der Waals surface area contributed by atoms with E-state index in [1.54, 1.807) is 0 Å². The molecule has 0 atom stereocenters. The maximum atomic E-state index is 4.53. The molecule has 6 heteroatoms.